The number of aryl methyl sites for hydroxylation is 1. The molecule has 2 bridgehead atoms. The second-order valence-electron chi connectivity index (χ2n) is 10.7. The number of rotatable bonds is 12. The summed E-state index contributed by atoms with van der Waals surface area (Å²) in [6.45, 7) is 2.83. The molecule has 0 unspecified atom stereocenters. The van der Waals surface area contributed by atoms with E-state index in [0.29, 0.717) is 11.4 Å². The molecule has 0 aromatic heterocycles. The van der Waals surface area contributed by atoms with Crippen molar-refractivity contribution in [1.82, 2.24) is 10.6 Å². The summed E-state index contributed by atoms with van der Waals surface area (Å²) in [5.41, 5.74) is 4.48. The number of ether oxygens (including phenoxy) is 1. The Labute approximate surface area is 227 Å². The van der Waals surface area contributed by atoms with E-state index in [0.717, 1.165) is 48.1 Å². The number of sulfone groups is 1. The van der Waals surface area contributed by atoms with Crippen LogP contribution in [0.5, 0.6) is 5.75 Å². The summed E-state index contributed by atoms with van der Waals surface area (Å²) in [5.74, 6) is 0.841. The fourth-order valence-electron chi connectivity index (χ4n) is 6.22. The Morgan fingerprint density at radius 3 is 2.47 bits per heavy atom. The number of hydrogen-bond donors (Lipinski definition) is 2. The van der Waals surface area contributed by atoms with Crippen LogP contribution in [0.4, 0.5) is 0 Å². The van der Waals surface area contributed by atoms with E-state index in [1.807, 2.05) is 42.5 Å². The first-order valence-electron chi connectivity index (χ1n) is 14.1. The van der Waals surface area contributed by atoms with E-state index in [1.54, 1.807) is 7.11 Å². The minimum absolute atomic E-state index is 0.00358. The summed E-state index contributed by atoms with van der Waals surface area (Å²) in [5, 5.41) is 6.76. The molecular formula is C32H40N2O3S. The van der Waals surface area contributed by atoms with Crippen molar-refractivity contribution in [3.63, 3.8) is 0 Å². The number of nitrogens with one attached hydrogen (secondary N) is 2. The first-order valence-corrected chi connectivity index (χ1v) is 15.6. The topological polar surface area (TPSA) is 67.4 Å². The number of unbranched alkanes of at least 4 members (excludes halogenated alkanes) is 3. The minimum Gasteiger partial charge on any atom is -0.496 e. The highest BCUT2D eigenvalue weighted by molar-refractivity contribution is 7.92. The van der Waals surface area contributed by atoms with E-state index < -0.39 is 15.1 Å². The molecular weight excluding hydrogens is 492 g/mol. The third kappa shape index (κ3) is 5.68. The Morgan fingerprint density at radius 1 is 0.895 bits per heavy atom. The van der Waals surface area contributed by atoms with E-state index in [1.165, 1.54) is 24.8 Å². The van der Waals surface area contributed by atoms with Crippen molar-refractivity contribution < 1.29 is 13.2 Å². The van der Waals surface area contributed by atoms with Crippen LogP contribution in [0.2, 0.25) is 0 Å². The molecule has 4 atom stereocenters. The smallest absolute Gasteiger partial charge is 0.184 e. The summed E-state index contributed by atoms with van der Waals surface area (Å²) >= 11 is 0. The van der Waals surface area contributed by atoms with Gasteiger partial charge in [0.25, 0.3) is 0 Å². The molecule has 5 rings (SSSR count). The third-order valence-electron chi connectivity index (χ3n) is 8.22. The van der Waals surface area contributed by atoms with Crippen LogP contribution in [0.1, 0.15) is 56.6 Å². The van der Waals surface area contributed by atoms with Gasteiger partial charge in [-0.2, -0.15) is 0 Å². The van der Waals surface area contributed by atoms with Crippen LogP contribution in [0.3, 0.4) is 0 Å². The molecule has 0 spiro atoms. The van der Waals surface area contributed by atoms with Crippen LogP contribution in [0.15, 0.2) is 77.7 Å². The van der Waals surface area contributed by atoms with Crippen molar-refractivity contribution in [3.8, 4) is 16.9 Å². The predicted octanol–water partition coefficient (Wildman–Crippen LogP) is 5.92. The van der Waals surface area contributed by atoms with Crippen molar-refractivity contribution in [2.24, 2.45) is 0 Å². The Kier molecular flexibility index (Phi) is 8.51. The van der Waals surface area contributed by atoms with E-state index in [-0.39, 0.29) is 18.1 Å². The predicted molar refractivity (Wildman–Crippen MR) is 154 cm³/mol. The number of fused-ring (bicyclic) bond motifs is 2. The fraction of sp³-hybridized carbons (Fsp3) is 0.438. The summed E-state index contributed by atoms with van der Waals surface area (Å²) in [6, 6.07) is 24.1. The Hall–Kier alpha value is -2.67. The standard InChI is InChI=1S/C32H40N2O3S/c1-3-4-5-6-10-23-15-17-26(18-16-23)38(35,36)32-29-20-19-28(34-29)31(32)33-22-24-11-9-12-25(21-24)27-13-7-8-14-30(27)37-2/h7-9,11-18,21,28-29,31-34H,3-6,10,19-20,22H2,1-2H3/t28-,29+,31-,32-/m1/s1. The Bertz CT molecular complexity index is 1320. The van der Waals surface area contributed by atoms with Crippen LogP contribution < -0.4 is 15.4 Å². The lowest BCUT2D eigenvalue weighted by atomic mass is 9.94. The van der Waals surface area contributed by atoms with Crippen LogP contribution in [-0.4, -0.2) is 38.9 Å². The monoisotopic (exact) mass is 532 g/mol. The van der Waals surface area contributed by atoms with Crippen molar-refractivity contribution in [2.75, 3.05) is 7.11 Å². The summed E-state index contributed by atoms with van der Waals surface area (Å²) in [7, 11) is -1.78. The van der Waals surface area contributed by atoms with Crippen LogP contribution >= 0.6 is 0 Å². The highest BCUT2D eigenvalue weighted by Gasteiger charge is 2.53. The van der Waals surface area contributed by atoms with Crippen LogP contribution in [0.25, 0.3) is 11.1 Å². The van der Waals surface area contributed by atoms with Gasteiger partial charge in [0.05, 0.1) is 17.3 Å². The number of para-hydroxylation sites is 1. The van der Waals surface area contributed by atoms with E-state index in [2.05, 4.69) is 47.9 Å². The zero-order valence-electron chi connectivity index (χ0n) is 22.5. The molecule has 5 nitrogen and oxygen atoms in total. The molecule has 2 aliphatic heterocycles. The molecule has 6 heteroatoms. The lowest BCUT2D eigenvalue weighted by molar-refractivity contribution is 0.409. The second kappa shape index (κ2) is 12.0. The van der Waals surface area contributed by atoms with E-state index in [4.69, 9.17) is 4.74 Å². The van der Waals surface area contributed by atoms with Gasteiger partial charge in [-0.15, -0.1) is 0 Å². The highest BCUT2D eigenvalue weighted by atomic mass is 32.2. The molecule has 3 aromatic carbocycles. The summed E-state index contributed by atoms with van der Waals surface area (Å²) < 4.78 is 33.3. The Balaban J connectivity index is 1.30. The summed E-state index contributed by atoms with van der Waals surface area (Å²) in [6.07, 6.45) is 7.77. The van der Waals surface area contributed by atoms with Gasteiger partial charge in [-0.05, 0) is 66.6 Å². The molecule has 0 aliphatic carbocycles. The Morgan fingerprint density at radius 2 is 1.68 bits per heavy atom. The molecule has 2 N–H and O–H groups in total. The maximum atomic E-state index is 13.9. The molecule has 2 fully saturated rings. The fourth-order valence-corrected chi connectivity index (χ4v) is 8.37. The number of methoxy groups -OCH3 is 1. The molecule has 38 heavy (non-hydrogen) atoms. The van der Waals surface area contributed by atoms with Gasteiger partial charge in [0, 0.05) is 30.2 Å². The SMILES string of the molecule is CCCCCCc1ccc(S(=O)(=O)[C@H]2[C@H](NCc3cccc(-c4ccccc4OC)c3)[C@H]3CC[C@@H]2N3)cc1. The van der Waals surface area contributed by atoms with Gasteiger partial charge < -0.3 is 15.4 Å². The summed E-state index contributed by atoms with van der Waals surface area (Å²) in [4.78, 5) is 0.444. The third-order valence-corrected chi connectivity index (χ3v) is 10.5. The largest absolute Gasteiger partial charge is 0.496 e. The van der Waals surface area contributed by atoms with Gasteiger partial charge in [0.2, 0.25) is 0 Å². The van der Waals surface area contributed by atoms with Crippen LogP contribution in [0, 0.1) is 0 Å². The molecule has 0 radical (unpaired) electrons. The first kappa shape index (κ1) is 26.9. The van der Waals surface area contributed by atoms with Gasteiger partial charge in [-0.1, -0.05) is 74.7 Å². The second-order valence-corrected chi connectivity index (χ2v) is 12.8. The molecule has 3 aromatic rings. The maximum absolute atomic E-state index is 13.9. The average Bonchev–Trinajstić information content (AvgIpc) is 3.57. The minimum atomic E-state index is -3.47. The lowest BCUT2D eigenvalue weighted by Crippen LogP contribution is -2.50. The molecule has 2 heterocycles. The molecule has 0 amide bonds. The number of benzene rings is 3. The highest BCUT2D eigenvalue weighted by Crippen LogP contribution is 2.37. The number of hydrogen-bond acceptors (Lipinski definition) is 5. The zero-order valence-corrected chi connectivity index (χ0v) is 23.3. The van der Waals surface area contributed by atoms with Crippen molar-refractivity contribution in [3.05, 3.63) is 83.9 Å². The first-order chi connectivity index (χ1) is 18.5. The molecule has 2 aliphatic rings. The van der Waals surface area contributed by atoms with Crippen molar-refractivity contribution in [1.29, 1.82) is 0 Å². The van der Waals surface area contributed by atoms with E-state index >= 15 is 0 Å². The van der Waals surface area contributed by atoms with Crippen molar-refractivity contribution in [2.45, 2.75) is 86.7 Å². The average molecular weight is 533 g/mol. The van der Waals surface area contributed by atoms with Gasteiger partial charge in [-0.3, -0.25) is 0 Å². The zero-order chi connectivity index (χ0) is 26.5. The van der Waals surface area contributed by atoms with E-state index in [9.17, 15) is 8.42 Å². The van der Waals surface area contributed by atoms with Gasteiger partial charge in [0.15, 0.2) is 9.84 Å². The van der Waals surface area contributed by atoms with Gasteiger partial charge >= 0.3 is 0 Å². The lowest BCUT2D eigenvalue weighted by Gasteiger charge is -2.30. The molecule has 202 valence electrons. The quantitative estimate of drug-likeness (QED) is 0.284. The van der Waals surface area contributed by atoms with Gasteiger partial charge in [0.1, 0.15) is 5.75 Å². The molecule has 0 saturated carbocycles. The maximum Gasteiger partial charge on any atom is 0.184 e. The normalized spacial score (nSPS) is 22.6. The van der Waals surface area contributed by atoms with Crippen molar-refractivity contribution >= 4 is 9.84 Å². The van der Waals surface area contributed by atoms with Gasteiger partial charge in [-0.25, -0.2) is 8.42 Å². The molecule has 2 saturated heterocycles. The van der Waals surface area contributed by atoms with Crippen LogP contribution in [-0.2, 0) is 22.8 Å².